The molecule has 1 aromatic heterocycles. The minimum atomic E-state index is -0.0118. The summed E-state index contributed by atoms with van der Waals surface area (Å²) in [6.07, 6.45) is 1.14. The summed E-state index contributed by atoms with van der Waals surface area (Å²) < 4.78 is 0. The topological polar surface area (TPSA) is 45.8 Å². The molecule has 1 rings (SSSR count). The number of aryl methyl sites for hydroxylation is 1. The second-order valence-electron chi connectivity index (χ2n) is 3.75. The molecule has 0 radical (unpaired) electrons. The number of nitrogens with zero attached hydrogens (tertiary/aromatic N) is 1. The fraction of sp³-hybridized carbons (Fsp3) is 0.636. The zero-order valence-corrected chi connectivity index (χ0v) is 10.6. The van der Waals surface area contributed by atoms with Crippen molar-refractivity contribution in [2.75, 3.05) is 0 Å². The molecule has 0 saturated heterocycles. The molecule has 0 amide bonds. The lowest BCUT2D eigenvalue weighted by Gasteiger charge is -2.08. The van der Waals surface area contributed by atoms with Crippen molar-refractivity contribution in [3.05, 3.63) is 27.4 Å². The van der Waals surface area contributed by atoms with Crippen LogP contribution in [0.25, 0.3) is 0 Å². The van der Waals surface area contributed by atoms with E-state index in [2.05, 4.69) is 23.8 Å². The smallest absolute Gasteiger partial charge is 0.254 e. The maximum absolute atomic E-state index is 11.5. The molecule has 0 aliphatic rings. The molecule has 0 aliphatic carbocycles. The van der Waals surface area contributed by atoms with Crippen LogP contribution in [0.4, 0.5) is 0 Å². The van der Waals surface area contributed by atoms with Crippen LogP contribution in [0.1, 0.15) is 37.4 Å². The van der Waals surface area contributed by atoms with E-state index in [0.717, 1.165) is 23.7 Å². The van der Waals surface area contributed by atoms with Crippen molar-refractivity contribution in [2.24, 2.45) is 0 Å². The molecule has 1 unspecified atom stereocenters. The predicted octanol–water partition coefficient (Wildman–Crippen LogP) is 2.42. The molecule has 4 heteroatoms. The Labute approximate surface area is 94.7 Å². The number of thioether (sulfide) groups is 1. The lowest BCUT2D eigenvalue weighted by molar-refractivity contribution is 0.894. The van der Waals surface area contributed by atoms with Gasteiger partial charge in [-0.2, -0.15) is 11.8 Å². The molecule has 0 fully saturated rings. The fourth-order valence-electron chi connectivity index (χ4n) is 1.11. The van der Waals surface area contributed by atoms with E-state index in [9.17, 15) is 4.79 Å². The van der Waals surface area contributed by atoms with Crippen LogP contribution < -0.4 is 5.56 Å². The first-order valence-corrected chi connectivity index (χ1v) is 6.27. The summed E-state index contributed by atoms with van der Waals surface area (Å²) in [5, 5.41) is 0.608. The molecule has 84 valence electrons. The first kappa shape index (κ1) is 12.3. The fourth-order valence-corrected chi connectivity index (χ4v) is 1.93. The third-order valence-electron chi connectivity index (χ3n) is 2.52. The Bertz CT molecular complexity index is 387. The van der Waals surface area contributed by atoms with Gasteiger partial charge in [0.1, 0.15) is 5.82 Å². The number of H-pyrrole nitrogens is 1. The van der Waals surface area contributed by atoms with Gasteiger partial charge in [-0.25, -0.2) is 4.98 Å². The molecule has 3 nitrogen and oxygen atoms in total. The lowest BCUT2D eigenvalue weighted by Crippen LogP contribution is -2.16. The van der Waals surface area contributed by atoms with E-state index in [0.29, 0.717) is 10.8 Å². The first-order valence-electron chi connectivity index (χ1n) is 5.22. The molecule has 1 N–H and O–H groups in total. The van der Waals surface area contributed by atoms with E-state index < -0.39 is 0 Å². The van der Waals surface area contributed by atoms with Crippen LogP contribution in [0.5, 0.6) is 0 Å². The van der Waals surface area contributed by atoms with E-state index in [-0.39, 0.29) is 5.56 Å². The molecule has 1 atom stereocenters. The average molecular weight is 226 g/mol. The molecule has 15 heavy (non-hydrogen) atoms. The van der Waals surface area contributed by atoms with Crippen molar-refractivity contribution >= 4 is 11.8 Å². The molecule has 0 saturated carbocycles. The van der Waals surface area contributed by atoms with Gasteiger partial charge < -0.3 is 4.98 Å². The second-order valence-corrected chi connectivity index (χ2v) is 5.18. The standard InChI is InChI=1S/C11H18N2OS/c1-5-7(2)15-6-10-12-9(4)8(3)11(14)13-10/h7H,5-6H2,1-4H3,(H,12,13,14). The van der Waals surface area contributed by atoms with Crippen molar-refractivity contribution in [1.82, 2.24) is 9.97 Å². The zero-order chi connectivity index (χ0) is 11.4. The number of hydrogen-bond donors (Lipinski definition) is 1. The molecular weight excluding hydrogens is 208 g/mol. The van der Waals surface area contributed by atoms with E-state index >= 15 is 0 Å². The predicted molar refractivity (Wildman–Crippen MR) is 65.4 cm³/mol. The highest BCUT2D eigenvalue weighted by Crippen LogP contribution is 2.17. The molecule has 1 aromatic rings. The molecule has 0 aliphatic heterocycles. The van der Waals surface area contributed by atoms with Crippen LogP contribution in [-0.4, -0.2) is 15.2 Å². The minimum Gasteiger partial charge on any atom is -0.310 e. The Balaban J connectivity index is 2.75. The van der Waals surface area contributed by atoms with Gasteiger partial charge in [-0.1, -0.05) is 13.8 Å². The zero-order valence-electron chi connectivity index (χ0n) is 9.76. The highest BCUT2D eigenvalue weighted by atomic mass is 32.2. The number of nitrogens with one attached hydrogen (secondary N) is 1. The van der Waals surface area contributed by atoms with Gasteiger partial charge in [0.25, 0.3) is 5.56 Å². The quantitative estimate of drug-likeness (QED) is 0.857. The van der Waals surface area contributed by atoms with Crippen LogP contribution in [0.3, 0.4) is 0 Å². The van der Waals surface area contributed by atoms with Gasteiger partial charge >= 0.3 is 0 Å². The highest BCUT2D eigenvalue weighted by Gasteiger charge is 2.05. The van der Waals surface area contributed by atoms with Crippen LogP contribution in [0, 0.1) is 13.8 Å². The van der Waals surface area contributed by atoms with Gasteiger partial charge in [-0.05, 0) is 20.3 Å². The summed E-state index contributed by atoms with van der Waals surface area (Å²) in [6, 6.07) is 0. The van der Waals surface area contributed by atoms with Gasteiger partial charge in [0.15, 0.2) is 0 Å². The molecule has 0 aromatic carbocycles. The van der Waals surface area contributed by atoms with Crippen molar-refractivity contribution in [1.29, 1.82) is 0 Å². The SMILES string of the molecule is CCC(C)SCc1nc(C)c(C)c(=O)[nH]1. The van der Waals surface area contributed by atoms with Gasteiger partial charge in [0, 0.05) is 16.5 Å². The third kappa shape index (κ3) is 3.38. The molecular formula is C11H18N2OS. The number of rotatable bonds is 4. The monoisotopic (exact) mass is 226 g/mol. The number of aromatic nitrogens is 2. The number of hydrogen-bond acceptors (Lipinski definition) is 3. The van der Waals surface area contributed by atoms with Gasteiger partial charge in [-0.3, -0.25) is 4.79 Å². The van der Waals surface area contributed by atoms with Crippen molar-refractivity contribution in [2.45, 2.75) is 45.1 Å². The van der Waals surface area contributed by atoms with Gasteiger partial charge in [0.2, 0.25) is 0 Å². The van der Waals surface area contributed by atoms with Crippen LogP contribution in [0.2, 0.25) is 0 Å². The Morgan fingerprint density at radius 2 is 2.13 bits per heavy atom. The Hall–Kier alpha value is -0.770. The Kier molecular flexibility index (Phi) is 4.39. The molecule has 0 spiro atoms. The van der Waals surface area contributed by atoms with Gasteiger partial charge in [0.05, 0.1) is 5.75 Å². The number of aromatic amines is 1. The van der Waals surface area contributed by atoms with E-state index in [1.807, 2.05) is 18.7 Å². The van der Waals surface area contributed by atoms with E-state index in [1.165, 1.54) is 0 Å². The maximum Gasteiger partial charge on any atom is 0.254 e. The summed E-state index contributed by atoms with van der Waals surface area (Å²) in [5.41, 5.74) is 1.54. The highest BCUT2D eigenvalue weighted by molar-refractivity contribution is 7.99. The summed E-state index contributed by atoms with van der Waals surface area (Å²) in [4.78, 5) is 18.6. The summed E-state index contributed by atoms with van der Waals surface area (Å²) >= 11 is 1.82. The lowest BCUT2D eigenvalue weighted by atomic mass is 10.3. The summed E-state index contributed by atoms with van der Waals surface area (Å²) in [6.45, 7) is 8.02. The first-order chi connectivity index (χ1) is 7.04. The van der Waals surface area contributed by atoms with Crippen LogP contribution >= 0.6 is 11.8 Å². The largest absolute Gasteiger partial charge is 0.310 e. The Morgan fingerprint density at radius 1 is 1.47 bits per heavy atom. The summed E-state index contributed by atoms with van der Waals surface area (Å²) in [7, 11) is 0. The van der Waals surface area contributed by atoms with Crippen molar-refractivity contribution in [3.8, 4) is 0 Å². The molecule has 1 heterocycles. The van der Waals surface area contributed by atoms with Crippen LogP contribution in [-0.2, 0) is 5.75 Å². The molecule has 0 bridgehead atoms. The average Bonchev–Trinajstić information content (AvgIpc) is 2.22. The minimum absolute atomic E-state index is 0.0118. The maximum atomic E-state index is 11.5. The third-order valence-corrected chi connectivity index (χ3v) is 3.87. The Morgan fingerprint density at radius 3 is 2.67 bits per heavy atom. The second kappa shape index (κ2) is 5.35. The van der Waals surface area contributed by atoms with E-state index in [4.69, 9.17) is 0 Å². The summed E-state index contributed by atoms with van der Waals surface area (Å²) in [5.74, 6) is 1.57. The van der Waals surface area contributed by atoms with Crippen LogP contribution in [0.15, 0.2) is 4.79 Å². The van der Waals surface area contributed by atoms with Gasteiger partial charge in [-0.15, -0.1) is 0 Å². The normalized spacial score (nSPS) is 12.8. The van der Waals surface area contributed by atoms with Crippen molar-refractivity contribution in [3.63, 3.8) is 0 Å². The van der Waals surface area contributed by atoms with Crippen molar-refractivity contribution < 1.29 is 0 Å². The van der Waals surface area contributed by atoms with E-state index in [1.54, 1.807) is 6.92 Å².